The van der Waals surface area contributed by atoms with Crippen LogP contribution in [0.15, 0.2) is 12.4 Å². The number of nitrogens with one attached hydrogen (secondary N) is 1. The number of nitrogens with zero attached hydrogens (tertiary/aromatic N) is 2. The van der Waals surface area contributed by atoms with Crippen LogP contribution < -0.4 is 11.1 Å². The largest absolute Gasteiger partial charge is 0.368 e. The first kappa shape index (κ1) is 11.7. The fourth-order valence-electron chi connectivity index (χ4n) is 1.35. The van der Waals surface area contributed by atoms with Gasteiger partial charge in [-0.2, -0.15) is 0 Å². The molecule has 1 amide bonds. The van der Waals surface area contributed by atoms with Crippen molar-refractivity contribution in [2.24, 2.45) is 5.73 Å². The van der Waals surface area contributed by atoms with Gasteiger partial charge in [-0.05, 0) is 19.9 Å². The molecular weight excluding hydrogens is 192 g/mol. The van der Waals surface area contributed by atoms with Crippen LogP contribution >= 0.6 is 0 Å². The zero-order chi connectivity index (χ0) is 11.3. The van der Waals surface area contributed by atoms with Gasteiger partial charge in [-0.15, -0.1) is 0 Å². The summed E-state index contributed by atoms with van der Waals surface area (Å²) >= 11 is 0. The molecule has 1 heterocycles. The molecule has 0 fully saturated rings. The van der Waals surface area contributed by atoms with Gasteiger partial charge in [-0.25, -0.2) is 4.98 Å². The quantitative estimate of drug-likeness (QED) is 0.669. The summed E-state index contributed by atoms with van der Waals surface area (Å²) in [6.07, 6.45) is 4.53. The van der Waals surface area contributed by atoms with Crippen LogP contribution in [0.25, 0.3) is 0 Å². The molecule has 0 radical (unpaired) electrons. The van der Waals surface area contributed by atoms with Gasteiger partial charge >= 0.3 is 0 Å². The van der Waals surface area contributed by atoms with Crippen LogP contribution in [0.3, 0.4) is 0 Å². The van der Waals surface area contributed by atoms with E-state index in [1.165, 1.54) is 0 Å². The summed E-state index contributed by atoms with van der Waals surface area (Å²) in [6, 6.07) is -0.342. The number of amides is 1. The number of aromatic nitrogens is 2. The lowest BCUT2D eigenvalue weighted by Crippen LogP contribution is -2.26. The van der Waals surface area contributed by atoms with Crippen molar-refractivity contribution in [2.45, 2.75) is 32.9 Å². The molecule has 1 unspecified atom stereocenters. The highest BCUT2D eigenvalue weighted by Gasteiger charge is 2.13. The molecule has 0 bridgehead atoms. The third-order valence-corrected chi connectivity index (χ3v) is 2.29. The Balaban J connectivity index is 2.64. The van der Waals surface area contributed by atoms with Crippen molar-refractivity contribution in [3.05, 3.63) is 18.2 Å². The molecule has 0 aliphatic heterocycles. The minimum atomic E-state index is -0.343. The average Bonchev–Trinajstić information content (AvgIpc) is 2.65. The number of primary amides is 1. The molecular formula is C10H18N4O. The normalized spacial score (nSPS) is 12.7. The smallest absolute Gasteiger partial charge is 0.240 e. The molecule has 1 aromatic rings. The third kappa shape index (κ3) is 3.06. The topological polar surface area (TPSA) is 72.9 Å². The van der Waals surface area contributed by atoms with Gasteiger partial charge in [-0.1, -0.05) is 6.92 Å². The fraction of sp³-hybridized carbons (Fsp3) is 0.600. The summed E-state index contributed by atoms with van der Waals surface area (Å²) in [5, 5.41) is 3.24. The van der Waals surface area contributed by atoms with Crippen molar-refractivity contribution in [1.82, 2.24) is 14.9 Å². The molecule has 0 saturated carbocycles. The lowest BCUT2D eigenvalue weighted by atomic mass is 10.3. The Bertz CT molecular complexity index is 321. The van der Waals surface area contributed by atoms with Crippen LogP contribution in [-0.4, -0.2) is 22.0 Å². The summed E-state index contributed by atoms with van der Waals surface area (Å²) in [5.74, 6) is 0.500. The first-order valence-electron chi connectivity index (χ1n) is 5.18. The summed E-state index contributed by atoms with van der Waals surface area (Å²) in [5.41, 5.74) is 5.24. The van der Waals surface area contributed by atoms with Gasteiger partial charge in [-0.3, -0.25) is 4.79 Å². The lowest BCUT2D eigenvalue weighted by Gasteiger charge is -2.13. The van der Waals surface area contributed by atoms with Crippen LogP contribution in [-0.2, 0) is 11.3 Å². The Morgan fingerprint density at radius 2 is 2.47 bits per heavy atom. The second-order valence-corrected chi connectivity index (χ2v) is 3.51. The molecule has 0 saturated heterocycles. The monoisotopic (exact) mass is 210 g/mol. The minimum absolute atomic E-state index is 0.342. The van der Waals surface area contributed by atoms with Gasteiger partial charge < -0.3 is 15.6 Å². The Morgan fingerprint density at radius 3 is 3.07 bits per heavy atom. The Labute approximate surface area is 89.7 Å². The van der Waals surface area contributed by atoms with Gasteiger partial charge in [0.1, 0.15) is 11.9 Å². The summed E-state index contributed by atoms with van der Waals surface area (Å²) in [6.45, 7) is 5.48. The number of carbonyl (C=O) groups is 1. The molecule has 1 atom stereocenters. The average molecular weight is 210 g/mol. The highest BCUT2D eigenvalue weighted by atomic mass is 16.1. The number of hydrogen-bond acceptors (Lipinski definition) is 3. The van der Waals surface area contributed by atoms with Crippen molar-refractivity contribution >= 4 is 5.91 Å². The van der Waals surface area contributed by atoms with Gasteiger partial charge in [0, 0.05) is 12.4 Å². The van der Waals surface area contributed by atoms with Gasteiger partial charge in [0.25, 0.3) is 0 Å². The maximum Gasteiger partial charge on any atom is 0.240 e. The lowest BCUT2D eigenvalue weighted by molar-refractivity contribution is -0.120. The zero-order valence-electron chi connectivity index (χ0n) is 9.23. The van der Waals surface area contributed by atoms with Crippen molar-refractivity contribution in [2.75, 3.05) is 6.54 Å². The summed E-state index contributed by atoms with van der Waals surface area (Å²) in [4.78, 5) is 15.2. The predicted molar refractivity (Wildman–Crippen MR) is 58.1 cm³/mol. The van der Waals surface area contributed by atoms with E-state index in [9.17, 15) is 4.79 Å². The SMILES string of the molecule is CCCNCc1nccn1C(C)C(N)=O. The minimum Gasteiger partial charge on any atom is -0.368 e. The van der Waals surface area contributed by atoms with E-state index in [-0.39, 0.29) is 11.9 Å². The molecule has 5 heteroatoms. The van der Waals surface area contributed by atoms with Crippen LogP contribution in [0, 0.1) is 0 Å². The van der Waals surface area contributed by atoms with E-state index in [2.05, 4.69) is 17.2 Å². The van der Waals surface area contributed by atoms with Crippen molar-refractivity contribution in [1.29, 1.82) is 0 Å². The number of nitrogens with two attached hydrogens (primary N) is 1. The highest BCUT2D eigenvalue weighted by Crippen LogP contribution is 2.08. The Hall–Kier alpha value is -1.36. The number of imidazole rings is 1. The molecule has 84 valence electrons. The van der Waals surface area contributed by atoms with Crippen molar-refractivity contribution < 1.29 is 4.79 Å². The summed E-state index contributed by atoms with van der Waals surface area (Å²) in [7, 11) is 0. The Kier molecular flexibility index (Phi) is 4.30. The molecule has 0 aliphatic rings. The zero-order valence-corrected chi connectivity index (χ0v) is 9.23. The maximum atomic E-state index is 11.0. The summed E-state index contributed by atoms with van der Waals surface area (Å²) < 4.78 is 1.80. The Morgan fingerprint density at radius 1 is 1.73 bits per heavy atom. The number of carbonyl (C=O) groups excluding carboxylic acids is 1. The number of hydrogen-bond donors (Lipinski definition) is 2. The highest BCUT2D eigenvalue weighted by molar-refractivity contribution is 5.77. The first-order valence-corrected chi connectivity index (χ1v) is 5.18. The van der Waals surface area contributed by atoms with Crippen LogP contribution in [0.2, 0.25) is 0 Å². The van der Waals surface area contributed by atoms with Crippen LogP contribution in [0.4, 0.5) is 0 Å². The molecule has 1 rings (SSSR count). The molecule has 15 heavy (non-hydrogen) atoms. The second kappa shape index (κ2) is 5.50. The first-order chi connectivity index (χ1) is 7.16. The van der Waals surface area contributed by atoms with Crippen LogP contribution in [0.5, 0.6) is 0 Å². The molecule has 0 aromatic carbocycles. The molecule has 0 spiro atoms. The van der Waals surface area contributed by atoms with E-state index < -0.39 is 0 Å². The standard InChI is InChI=1S/C10H18N4O/c1-3-4-12-7-9-13-5-6-14(9)8(2)10(11)15/h5-6,8,12H,3-4,7H2,1-2H3,(H2,11,15). The fourth-order valence-corrected chi connectivity index (χ4v) is 1.35. The van der Waals surface area contributed by atoms with E-state index in [4.69, 9.17) is 5.73 Å². The third-order valence-electron chi connectivity index (χ3n) is 2.29. The predicted octanol–water partition coefficient (Wildman–Crippen LogP) is 0.429. The van der Waals surface area contributed by atoms with E-state index in [0.717, 1.165) is 18.8 Å². The number of rotatable bonds is 6. The van der Waals surface area contributed by atoms with E-state index in [1.807, 2.05) is 0 Å². The van der Waals surface area contributed by atoms with Crippen molar-refractivity contribution in [3.8, 4) is 0 Å². The molecule has 5 nitrogen and oxygen atoms in total. The maximum absolute atomic E-state index is 11.0. The van der Waals surface area contributed by atoms with E-state index in [1.54, 1.807) is 23.9 Å². The van der Waals surface area contributed by atoms with E-state index in [0.29, 0.717) is 6.54 Å². The molecule has 1 aromatic heterocycles. The molecule has 3 N–H and O–H groups in total. The van der Waals surface area contributed by atoms with Gasteiger partial charge in [0.2, 0.25) is 5.91 Å². The van der Waals surface area contributed by atoms with Crippen molar-refractivity contribution in [3.63, 3.8) is 0 Å². The van der Waals surface area contributed by atoms with Gasteiger partial charge in [0.15, 0.2) is 0 Å². The van der Waals surface area contributed by atoms with Crippen LogP contribution in [0.1, 0.15) is 32.1 Å². The molecule has 0 aliphatic carbocycles. The second-order valence-electron chi connectivity index (χ2n) is 3.51. The van der Waals surface area contributed by atoms with E-state index >= 15 is 0 Å². The van der Waals surface area contributed by atoms with Gasteiger partial charge in [0.05, 0.1) is 6.54 Å².